The van der Waals surface area contributed by atoms with Crippen molar-refractivity contribution >= 4 is 11.4 Å². The van der Waals surface area contributed by atoms with Crippen LogP contribution in [0, 0.1) is 23.0 Å². The summed E-state index contributed by atoms with van der Waals surface area (Å²) in [6, 6.07) is 5.54. The average Bonchev–Trinajstić information content (AvgIpc) is 2.28. The summed E-state index contributed by atoms with van der Waals surface area (Å²) in [7, 11) is 0. The topological polar surface area (TPSA) is 55.2 Å². The summed E-state index contributed by atoms with van der Waals surface area (Å²) in [5.41, 5.74) is 1.68. The van der Waals surface area contributed by atoms with Crippen molar-refractivity contribution in [2.75, 3.05) is 5.32 Å². The Labute approximate surface area is 109 Å². The van der Waals surface area contributed by atoms with Crippen molar-refractivity contribution in [3.05, 3.63) is 33.9 Å². The molecular formula is C14H22N2O2. The summed E-state index contributed by atoms with van der Waals surface area (Å²) >= 11 is 0. The lowest BCUT2D eigenvalue weighted by Crippen LogP contribution is -2.16. The molecule has 1 unspecified atom stereocenters. The van der Waals surface area contributed by atoms with Crippen molar-refractivity contribution in [2.45, 2.75) is 46.6 Å². The molecule has 0 saturated heterocycles. The number of nitrogens with zero attached hydrogens (tertiary/aromatic N) is 1. The van der Waals surface area contributed by atoms with Crippen LogP contribution in [-0.4, -0.2) is 11.0 Å². The maximum atomic E-state index is 11.0. The van der Waals surface area contributed by atoms with Crippen LogP contribution >= 0.6 is 0 Å². The van der Waals surface area contributed by atoms with E-state index in [4.69, 9.17) is 0 Å². The SMILES string of the molecule is Cc1ccc(NC(C)CCC(C)C)c([N+](=O)[O-])c1. The van der Waals surface area contributed by atoms with Crippen LogP contribution in [-0.2, 0) is 0 Å². The van der Waals surface area contributed by atoms with Gasteiger partial charge in [-0.3, -0.25) is 10.1 Å². The van der Waals surface area contributed by atoms with E-state index in [-0.39, 0.29) is 16.7 Å². The molecule has 4 heteroatoms. The number of hydrogen-bond donors (Lipinski definition) is 1. The molecule has 18 heavy (non-hydrogen) atoms. The minimum absolute atomic E-state index is 0.159. The van der Waals surface area contributed by atoms with Gasteiger partial charge in [-0.25, -0.2) is 0 Å². The van der Waals surface area contributed by atoms with Gasteiger partial charge in [-0.1, -0.05) is 19.9 Å². The Bertz CT molecular complexity index is 416. The van der Waals surface area contributed by atoms with Crippen LogP contribution < -0.4 is 5.32 Å². The highest BCUT2D eigenvalue weighted by atomic mass is 16.6. The van der Waals surface area contributed by atoms with E-state index in [1.54, 1.807) is 12.1 Å². The fourth-order valence-electron chi connectivity index (χ4n) is 1.84. The van der Waals surface area contributed by atoms with Gasteiger partial charge >= 0.3 is 0 Å². The second-order valence-corrected chi connectivity index (χ2v) is 5.29. The Morgan fingerprint density at radius 2 is 1.94 bits per heavy atom. The van der Waals surface area contributed by atoms with E-state index >= 15 is 0 Å². The summed E-state index contributed by atoms with van der Waals surface area (Å²) in [5, 5.41) is 14.2. The first-order valence-corrected chi connectivity index (χ1v) is 6.41. The van der Waals surface area contributed by atoms with Crippen LogP contribution in [0.4, 0.5) is 11.4 Å². The van der Waals surface area contributed by atoms with Crippen LogP contribution in [0.1, 0.15) is 39.2 Å². The van der Waals surface area contributed by atoms with Gasteiger partial charge < -0.3 is 5.32 Å². The van der Waals surface area contributed by atoms with Gasteiger partial charge in [0.1, 0.15) is 5.69 Å². The molecule has 0 bridgehead atoms. The third-order valence-corrected chi connectivity index (χ3v) is 2.93. The van der Waals surface area contributed by atoms with Gasteiger partial charge in [-0.15, -0.1) is 0 Å². The van der Waals surface area contributed by atoms with Gasteiger partial charge in [0.05, 0.1) is 4.92 Å². The van der Waals surface area contributed by atoms with Crippen LogP contribution in [0.2, 0.25) is 0 Å². The Balaban J connectivity index is 2.74. The maximum absolute atomic E-state index is 11.0. The van der Waals surface area contributed by atoms with E-state index < -0.39 is 0 Å². The molecule has 0 aliphatic carbocycles. The number of rotatable bonds is 6. The number of nitrogens with one attached hydrogen (secondary N) is 1. The van der Waals surface area contributed by atoms with Gasteiger partial charge in [0.25, 0.3) is 5.69 Å². The van der Waals surface area contributed by atoms with Gasteiger partial charge in [-0.05, 0) is 44.2 Å². The maximum Gasteiger partial charge on any atom is 0.292 e. The molecule has 0 amide bonds. The molecule has 0 radical (unpaired) electrons. The Morgan fingerprint density at radius 1 is 1.28 bits per heavy atom. The normalized spacial score (nSPS) is 12.5. The quantitative estimate of drug-likeness (QED) is 0.609. The first kappa shape index (κ1) is 14.5. The van der Waals surface area contributed by atoms with Crippen molar-refractivity contribution in [3.63, 3.8) is 0 Å². The highest BCUT2D eigenvalue weighted by molar-refractivity contribution is 5.62. The molecule has 1 aromatic carbocycles. The van der Waals surface area contributed by atoms with Gasteiger partial charge in [0.2, 0.25) is 0 Å². The van der Waals surface area contributed by atoms with Crippen molar-refractivity contribution in [2.24, 2.45) is 5.92 Å². The van der Waals surface area contributed by atoms with Crippen molar-refractivity contribution in [3.8, 4) is 0 Å². The van der Waals surface area contributed by atoms with Crippen molar-refractivity contribution < 1.29 is 4.92 Å². The number of hydrogen-bond acceptors (Lipinski definition) is 3. The minimum Gasteiger partial charge on any atom is -0.377 e. The second kappa shape index (κ2) is 6.38. The molecule has 1 atom stereocenters. The molecule has 1 aromatic rings. The highest BCUT2D eigenvalue weighted by Crippen LogP contribution is 2.26. The molecule has 0 spiro atoms. The molecule has 0 aliphatic heterocycles. The Hall–Kier alpha value is -1.58. The highest BCUT2D eigenvalue weighted by Gasteiger charge is 2.15. The third-order valence-electron chi connectivity index (χ3n) is 2.93. The fourth-order valence-corrected chi connectivity index (χ4v) is 1.84. The van der Waals surface area contributed by atoms with Crippen LogP contribution in [0.5, 0.6) is 0 Å². The predicted molar refractivity (Wildman–Crippen MR) is 75.0 cm³/mol. The van der Waals surface area contributed by atoms with Crippen LogP contribution in [0.15, 0.2) is 18.2 Å². The molecule has 0 aliphatic rings. The summed E-state index contributed by atoms with van der Waals surface area (Å²) in [5.74, 6) is 0.655. The van der Waals surface area contributed by atoms with Crippen LogP contribution in [0.25, 0.3) is 0 Å². The van der Waals surface area contributed by atoms with E-state index in [0.717, 1.165) is 18.4 Å². The van der Waals surface area contributed by atoms with E-state index in [1.807, 2.05) is 13.0 Å². The summed E-state index contributed by atoms with van der Waals surface area (Å²) < 4.78 is 0. The molecule has 100 valence electrons. The fraction of sp³-hybridized carbons (Fsp3) is 0.571. The lowest BCUT2D eigenvalue weighted by molar-refractivity contribution is -0.384. The number of anilines is 1. The first-order chi connectivity index (χ1) is 8.40. The molecule has 0 saturated carbocycles. The minimum atomic E-state index is -0.329. The zero-order chi connectivity index (χ0) is 13.7. The number of aryl methyl sites for hydroxylation is 1. The zero-order valence-electron chi connectivity index (χ0n) is 11.6. The van der Waals surface area contributed by atoms with E-state index in [1.165, 1.54) is 0 Å². The monoisotopic (exact) mass is 250 g/mol. The molecule has 0 heterocycles. The second-order valence-electron chi connectivity index (χ2n) is 5.29. The van der Waals surface area contributed by atoms with Crippen molar-refractivity contribution in [1.29, 1.82) is 0 Å². The number of benzene rings is 1. The first-order valence-electron chi connectivity index (χ1n) is 6.41. The zero-order valence-corrected chi connectivity index (χ0v) is 11.6. The number of nitro benzene ring substituents is 1. The van der Waals surface area contributed by atoms with Gasteiger partial charge in [-0.2, -0.15) is 0 Å². The standard InChI is InChI=1S/C14H22N2O2/c1-10(2)5-7-12(4)15-13-8-6-11(3)9-14(13)16(17)18/h6,8-10,12,15H,5,7H2,1-4H3. The Morgan fingerprint density at radius 3 is 2.50 bits per heavy atom. The molecule has 0 aromatic heterocycles. The lowest BCUT2D eigenvalue weighted by atomic mass is 10.0. The predicted octanol–water partition coefficient (Wildman–Crippen LogP) is 4.14. The summed E-state index contributed by atoms with van der Waals surface area (Å²) in [6.07, 6.45) is 2.14. The van der Waals surface area contributed by atoms with E-state index in [0.29, 0.717) is 11.6 Å². The molecule has 4 nitrogen and oxygen atoms in total. The van der Waals surface area contributed by atoms with Gasteiger partial charge in [0, 0.05) is 12.1 Å². The smallest absolute Gasteiger partial charge is 0.292 e. The Kier molecular flexibility index (Phi) is 5.13. The third kappa shape index (κ3) is 4.35. The average molecular weight is 250 g/mol. The van der Waals surface area contributed by atoms with E-state index in [2.05, 4.69) is 26.1 Å². The van der Waals surface area contributed by atoms with Crippen molar-refractivity contribution in [1.82, 2.24) is 0 Å². The summed E-state index contributed by atoms with van der Waals surface area (Å²) in [4.78, 5) is 10.7. The lowest BCUT2D eigenvalue weighted by Gasteiger charge is -2.16. The summed E-state index contributed by atoms with van der Waals surface area (Å²) in [6.45, 7) is 8.28. The number of nitro groups is 1. The van der Waals surface area contributed by atoms with E-state index in [9.17, 15) is 10.1 Å². The molecule has 1 N–H and O–H groups in total. The largest absolute Gasteiger partial charge is 0.377 e. The molecule has 1 rings (SSSR count). The molecular weight excluding hydrogens is 228 g/mol. The van der Waals surface area contributed by atoms with Gasteiger partial charge in [0.15, 0.2) is 0 Å². The van der Waals surface area contributed by atoms with Crippen LogP contribution in [0.3, 0.4) is 0 Å². The molecule has 0 fully saturated rings.